The van der Waals surface area contributed by atoms with Gasteiger partial charge in [-0.05, 0) is 42.4 Å². The van der Waals surface area contributed by atoms with E-state index in [2.05, 4.69) is 37.4 Å². The Morgan fingerprint density at radius 1 is 1.21 bits per heavy atom. The molecule has 1 amide bonds. The van der Waals surface area contributed by atoms with E-state index >= 15 is 0 Å². The highest BCUT2D eigenvalue weighted by atomic mass is 16.5. The number of benzene rings is 1. The molecule has 4 aliphatic rings. The number of rotatable bonds is 4. The fourth-order valence-electron chi connectivity index (χ4n) is 7.03. The van der Waals surface area contributed by atoms with Gasteiger partial charge in [0, 0.05) is 37.7 Å². The molecule has 1 spiro atoms. The normalized spacial score (nSPS) is 35.6. The molecule has 2 saturated heterocycles. The van der Waals surface area contributed by atoms with Crippen LogP contribution in [-0.4, -0.2) is 48.8 Å². The molecular formula is C25H35N2O2+. The molecule has 1 aromatic rings. The van der Waals surface area contributed by atoms with Crippen molar-refractivity contribution in [3.63, 3.8) is 0 Å². The maximum absolute atomic E-state index is 11.7. The minimum Gasteiger partial charge on any atom is -0.375 e. The zero-order valence-corrected chi connectivity index (χ0v) is 17.7. The van der Waals surface area contributed by atoms with Crippen LogP contribution in [0.4, 0.5) is 0 Å². The van der Waals surface area contributed by atoms with Crippen LogP contribution >= 0.6 is 0 Å². The molecule has 2 aliphatic heterocycles. The number of nitrogens with two attached hydrogens (primary N) is 1. The summed E-state index contributed by atoms with van der Waals surface area (Å²) in [5, 5.41) is 0. The van der Waals surface area contributed by atoms with Crippen LogP contribution in [0, 0.1) is 5.92 Å². The van der Waals surface area contributed by atoms with Crippen molar-refractivity contribution in [2.45, 2.75) is 68.9 Å². The summed E-state index contributed by atoms with van der Waals surface area (Å²) >= 11 is 0. The minimum atomic E-state index is -0.233. The predicted octanol–water partition coefficient (Wildman–Crippen LogP) is 4.00. The van der Waals surface area contributed by atoms with E-state index in [1.807, 2.05) is 0 Å². The van der Waals surface area contributed by atoms with Gasteiger partial charge >= 0.3 is 0 Å². The number of quaternary nitrogens is 1. The van der Waals surface area contributed by atoms with Crippen LogP contribution in [0.5, 0.6) is 0 Å². The summed E-state index contributed by atoms with van der Waals surface area (Å²) < 4.78 is 7.59. The molecule has 0 bridgehead atoms. The molecule has 2 aliphatic carbocycles. The lowest BCUT2D eigenvalue weighted by molar-refractivity contribution is -0.928. The Morgan fingerprint density at radius 3 is 2.72 bits per heavy atom. The summed E-state index contributed by atoms with van der Waals surface area (Å²) in [6.45, 7) is 3.53. The van der Waals surface area contributed by atoms with Crippen LogP contribution in [0.3, 0.4) is 0 Å². The van der Waals surface area contributed by atoms with Crippen molar-refractivity contribution in [2.24, 2.45) is 11.7 Å². The molecule has 0 radical (unpaired) electrons. The number of primary amides is 1. The largest absolute Gasteiger partial charge is 0.375 e. The van der Waals surface area contributed by atoms with Crippen molar-refractivity contribution >= 4 is 11.5 Å². The van der Waals surface area contributed by atoms with Gasteiger partial charge < -0.3 is 15.0 Å². The first-order valence-electron chi connectivity index (χ1n) is 11.6. The van der Waals surface area contributed by atoms with Crippen LogP contribution in [0.1, 0.15) is 68.4 Å². The number of likely N-dealkylation sites (tertiary alicyclic amines) is 1. The Bertz CT molecular complexity index is 818. The van der Waals surface area contributed by atoms with Gasteiger partial charge in [-0.15, -0.1) is 0 Å². The van der Waals surface area contributed by atoms with Gasteiger partial charge in [0.05, 0.1) is 38.2 Å². The predicted molar refractivity (Wildman–Crippen MR) is 115 cm³/mol. The molecule has 156 valence electrons. The second kappa shape index (κ2) is 7.24. The van der Waals surface area contributed by atoms with Crippen LogP contribution in [0.25, 0.3) is 5.57 Å². The highest BCUT2D eigenvalue weighted by Crippen LogP contribution is 2.52. The molecule has 1 unspecified atom stereocenters. The fourth-order valence-corrected chi connectivity index (χ4v) is 7.03. The third-order valence-electron chi connectivity index (χ3n) is 8.45. The molecule has 1 aromatic carbocycles. The summed E-state index contributed by atoms with van der Waals surface area (Å²) in [6.07, 6.45) is 11.5. The number of ether oxygens (including phenoxy) is 1. The molecule has 1 saturated carbocycles. The summed E-state index contributed by atoms with van der Waals surface area (Å²) in [5.41, 5.74) is 9.50. The Hall–Kier alpha value is -1.65. The van der Waals surface area contributed by atoms with E-state index < -0.39 is 0 Å². The molecule has 29 heavy (non-hydrogen) atoms. The maximum atomic E-state index is 11.7. The maximum Gasteiger partial charge on any atom is 0.221 e. The molecular weight excluding hydrogens is 360 g/mol. The monoisotopic (exact) mass is 395 g/mol. The average molecular weight is 396 g/mol. The fraction of sp³-hybridized carbons (Fsp3) is 0.640. The van der Waals surface area contributed by atoms with E-state index in [4.69, 9.17) is 10.5 Å². The van der Waals surface area contributed by atoms with Gasteiger partial charge in [-0.2, -0.15) is 0 Å². The quantitative estimate of drug-likeness (QED) is 0.784. The summed E-state index contributed by atoms with van der Waals surface area (Å²) in [4.78, 5) is 11.7. The number of hydrogen-bond donors (Lipinski definition) is 1. The van der Waals surface area contributed by atoms with Crippen LogP contribution in [0.15, 0.2) is 30.3 Å². The highest BCUT2D eigenvalue weighted by Gasteiger charge is 2.53. The minimum absolute atomic E-state index is 0.128. The Kier molecular flexibility index (Phi) is 4.83. The molecule has 4 heteroatoms. The van der Waals surface area contributed by atoms with Crippen molar-refractivity contribution in [1.29, 1.82) is 0 Å². The van der Waals surface area contributed by atoms with Crippen LogP contribution in [0.2, 0.25) is 0 Å². The SMILES string of the molecule is C[N+]1([C@@H]2C[C@]3(CCCO3)CC[C@H]2C2C=C(CC(N)=O)c3ccccc32)CCCC1. The number of carbonyl (C=O) groups is 1. The summed E-state index contributed by atoms with van der Waals surface area (Å²) in [5.74, 6) is 0.781. The molecule has 5 rings (SSSR count). The Labute approximate surface area is 174 Å². The number of carbonyl (C=O) groups excluding carboxylic acids is 1. The van der Waals surface area contributed by atoms with Crippen molar-refractivity contribution < 1.29 is 14.0 Å². The zero-order valence-electron chi connectivity index (χ0n) is 17.7. The molecule has 3 fully saturated rings. The first-order chi connectivity index (χ1) is 14.0. The first kappa shape index (κ1) is 19.3. The van der Waals surface area contributed by atoms with Gasteiger partial charge in [0.15, 0.2) is 0 Å². The van der Waals surface area contributed by atoms with Gasteiger partial charge in [0.25, 0.3) is 0 Å². The Balaban J connectivity index is 1.51. The van der Waals surface area contributed by atoms with Crippen LogP contribution in [-0.2, 0) is 9.53 Å². The standard InChI is InChI=1S/C25H34N2O2/c1-27(12-4-5-13-27)23-17-25(10-6-14-29-25)11-9-21(23)22-15-18(16-24(26)28)19-7-2-3-8-20(19)22/h2-3,7-8,15,21-23H,4-6,9-14,16-17H2,1H3,(H-,26,28)/p+1/t21-,22?,23+,25-/m0/s1. The summed E-state index contributed by atoms with van der Waals surface area (Å²) in [6, 6.07) is 9.33. The van der Waals surface area contributed by atoms with Crippen molar-refractivity contribution in [3.8, 4) is 0 Å². The lowest BCUT2D eigenvalue weighted by Gasteiger charge is -2.51. The lowest BCUT2D eigenvalue weighted by atomic mass is 9.67. The molecule has 2 N–H and O–H groups in total. The molecule has 2 heterocycles. The first-order valence-corrected chi connectivity index (χ1v) is 11.6. The summed E-state index contributed by atoms with van der Waals surface area (Å²) in [7, 11) is 2.49. The van der Waals surface area contributed by atoms with Gasteiger partial charge in [0.2, 0.25) is 5.91 Å². The van der Waals surface area contributed by atoms with Gasteiger partial charge in [-0.25, -0.2) is 0 Å². The van der Waals surface area contributed by atoms with E-state index in [9.17, 15) is 4.79 Å². The van der Waals surface area contributed by atoms with Gasteiger partial charge in [0.1, 0.15) is 0 Å². The number of hydrogen-bond acceptors (Lipinski definition) is 2. The van der Waals surface area contributed by atoms with E-state index in [0.29, 0.717) is 24.3 Å². The van der Waals surface area contributed by atoms with Gasteiger partial charge in [-0.3, -0.25) is 4.79 Å². The Morgan fingerprint density at radius 2 is 2.00 bits per heavy atom. The van der Waals surface area contributed by atoms with Gasteiger partial charge in [-0.1, -0.05) is 30.3 Å². The zero-order chi connectivity index (χ0) is 20.1. The van der Waals surface area contributed by atoms with E-state index in [1.54, 1.807) is 0 Å². The van der Waals surface area contributed by atoms with Crippen molar-refractivity contribution in [3.05, 3.63) is 41.5 Å². The average Bonchev–Trinajstić information content (AvgIpc) is 3.43. The van der Waals surface area contributed by atoms with Crippen molar-refractivity contribution in [2.75, 3.05) is 26.7 Å². The number of fused-ring (bicyclic) bond motifs is 1. The topological polar surface area (TPSA) is 52.3 Å². The van der Waals surface area contributed by atoms with E-state index in [1.165, 1.54) is 73.6 Å². The second-order valence-corrected chi connectivity index (χ2v) is 10.2. The number of nitrogens with zero attached hydrogens (tertiary/aromatic N) is 1. The smallest absolute Gasteiger partial charge is 0.221 e. The molecule has 4 atom stereocenters. The van der Waals surface area contributed by atoms with Crippen molar-refractivity contribution in [1.82, 2.24) is 0 Å². The lowest BCUT2D eigenvalue weighted by Crippen LogP contribution is -2.59. The van der Waals surface area contributed by atoms with E-state index in [0.717, 1.165) is 12.2 Å². The van der Waals surface area contributed by atoms with E-state index in [-0.39, 0.29) is 11.5 Å². The molecule has 4 nitrogen and oxygen atoms in total. The third-order valence-corrected chi connectivity index (χ3v) is 8.45. The third kappa shape index (κ3) is 3.34. The second-order valence-electron chi connectivity index (χ2n) is 10.2. The molecule has 0 aromatic heterocycles. The van der Waals surface area contributed by atoms with Crippen LogP contribution < -0.4 is 5.73 Å². The number of allylic oxidation sites excluding steroid dienone is 1. The highest BCUT2D eigenvalue weighted by molar-refractivity contribution is 5.90. The number of amides is 1.